The van der Waals surface area contributed by atoms with Crippen LogP contribution in [0.1, 0.15) is 18.5 Å². The van der Waals surface area contributed by atoms with E-state index >= 15 is 0 Å². The van der Waals surface area contributed by atoms with Crippen LogP contribution in [0.4, 0.5) is 0 Å². The second-order valence-electron chi connectivity index (χ2n) is 5.66. The Morgan fingerprint density at radius 3 is 2.45 bits per heavy atom. The molecule has 4 nitrogen and oxygen atoms in total. The van der Waals surface area contributed by atoms with Crippen molar-refractivity contribution in [2.75, 3.05) is 21.2 Å². The van der Waals surface area contributed by atoms with Gasteiger partial charge in [0.1, 0.15) is 11.3 Å². The summed E-state index contributed by atoms with van der Waals surface area (Å²) in [6.45, 7) is 2.12. The fourth-order valence-electron chi connectivity index (χ4n) is 2.74. The van der Waals surface area contributed by atoms with E-state index in [0.29, 0.717) is 16.7 Å². The van der Waals surface area contributed by atoms with Crippen molar-refractivity contribution < 1.29 is 9.15 Å². The van der Waals surface area contributed by atoms with Gasteiger partial charge in [0, 0.05) is 22.9 Å². The summed E-state index contributed by atoms with van der Waals surface area (Å²) in [5, 5.41) is 2.49. The maximum Gasteiger partial charge on any atom is 0.344 e. The molecule has 0 spiro atoms. The second kappa shape index (κ2) is 5.46. The fourth-order valence-corrected chi connectivity index (χ4v) is 2.74. The summed E-state index contributed by atoms with van der Waals surface area (Å²) in [5.41, 5.74) is 1.32. The highest BCUT2D eigenvalue weighted by atomic mass is 16.5. The van der Waals surface area contributed by atoms with Crippen LogP contribution in [0.3, 0.4) is 0 Å². The molecule has 0 fully saturated rings. The van der Waals surface area contributed by atoms with Gasteiger partial charge in [-0.05, 0) is 38.7 Å². The summed E-state index contributed by atoms with van der Waals surface area (Å²) in [5.74, 6) is 0.689. The van der Waals surface area contributed by atoms with Crippen LogP contribution in [-0.4, -0.2) is 26.1 Å². The molecule has 4 heteroatoms. The summed E-state index contributed by atoms with van der Waals surface area (Å²) < 4.78 is 10.9. The third kappa shape index (κ3) is 2.25. The molecular formula is C18H19NO3. The number of methoxy groups -OCH3 is 1. The molecule has 1 heterocycles. The summed E-state index contributed by atoms with van der Waals surface area (Å²) in [7, 11) is 5.67. The molecule has 0 aliphatic rings. The minimum Gasteiger partial charge on any atom is -0.497 e. The summed E-state index contributed by atoms with van der Waals surface area (Å²) in [6.07, 6.45) is 0. The van der Waals surface area contributed by atoms with E-state index in [9.17, 15) is 4.79 Å². The lowest BCUT2D eigenvalue weighted by atomic mass is 9.97. The van der Waals surface area contributed by atoms with Crippen molar-refractivity contribution >= 4 is 21.7 Å². The van der Waals surface area contributed by atoms with Crippen molar-refractivity contribution in [3.8, 4) is 5.75 Å². The average Bonchev–Trinajstić information content (AvgIpc) is 2.53. The standard InChI is InChI=1S/C18H19NO3/c1-11(19(2)3)15-9-12(21-4)10-16-17(15)13-7-5-6-8-14(13)18(20)22-16/h5-11H,1-4H3/t11-/m0/s1. The van der Waals surface area contributed by atoms with Crippen molar-refractivity contribution in [3.05, 3.63) is 52.4 Å². The smallest absolute Gasteiger partial charge is 0.344 e. The third-order valence-corrected chi connectivity index (χ3v) is 4.19. The van der Waals surface area contributed by atoms with Crippen LogP contribution in [0.25, 0.3) is 21.7 Å². The predicted molar refractivity (Wildman–Crippen MR) is 88.6 cm³/mol. The normalized spacial score (nSPS) is 13.0. The number of nitrogens with zero attached hydrogens (tertiary/aromatic N) is 1. The number of hydrogen-bond donors (Lipinski definition) is 0. The molecule has 0 amide bonds. The lowest BCUT2D eigenvalue weighted by Crippen LogP contribution is -2.17. The molecule has 3 aromatic rings. The molecule has 114 valence electrons. The molecule has 0 bridgehead atoms. The van der Waals surface area contributed by atoms with Gasteiger partial charge >= 0.3 is 5.63 Å². The lowest BCUT2D eigenvalue weighted by Gasteiger charge is -2.22. The van der Waals surface area contributed by atoms with Crippen molar-refractivity contribution in [2.45, 2.75) is 13.0 Å². The van der Waals surface area contributed by atoms with Crippen LogP contribution in [0.5, 0.6) is 5.75 Å². The van der Waals surface area contributed by atoms with Gasteiger partial charge in [0.25, 0.3) is 0 Å². The highest BCUT2D eigenvalue weighted by Crippen LogP contribution is 2.34. The Kier molecular flexibility index (Phi) is 3.62. The van der Waals surface area contributed by atoms with E-state index in [2.05, 4.69) is 11.8 Å². The molecule has 1 aromatic heterocycles. The number of hydrogen-bond acceptors (Lipinski definition) is 4. The molecule has 2 aromatic carbocycles. The van der Waals surface area contributed by atoms with Gasteiger partial charge < -0.3 is 14.1 Å². The Morgan fingerprint density at radius 2 is 1.82 bits per heavy atom. The van der Waals surface area contributed by atoms with Gasteiger partial charge in [-0.2, -0.15) is 0 Å². The van der Waals surface area contributed by atoms with E-state index in [1.165, 1.54) is 0 Å². The number of benzene rings is 2. The maximum absolute atomic E-state index is 12.2. The highest BCUT2D eigenvalue weighted by molar-refractivity contribution is 6.06. The average molecular weight is 297 g/mol. The Bertz CT molecular complexity index is 896. The van der Waals surface area contributed by atoms with Gasteiger partial charge in [-0.25, -0.2) is 4.79 Å². The van der Waals surface area contributed by atoms with Crippen LogP contribution in [0.15, 0.2) is 45.6 Å². The minimum atomic E-state index is -0.320. The maximum atomic E-state index is 12.2. The van der Waals surface area contributed by atoms with Crippen LogP contribution in [0.2, 0.25) is 0 Å². The summed E-state index contributed by atoms with van der Waals surface area (Å²) in [6, 6.07) is 11.5. The highest BCUT2D eigenvalue weighted by Gasteiger charge is 2.18. The predicted octanol–water partition coefficient (Wildman–Crippen LogP) is 3.58. The molecule has 1 atom stereocenters. The van der Waals surface area contributed by atoms with E-state index < -0.39 is 0 Å². The van der Waals surface area contributed by atoms with Gasteiger partial charge in [-0.1, -0.05) is 18.2 Å². The van der Waals surface area contributed by atoms with E-state index in [1.54, 1.807) is 19.2 Å². The van der Waals surface area contributed by atoms with Crippen molar-refractivity contribution in [2.24, 2.45) is 0 Å². The van der Waals surface area contributed by atoms with E-state index in [1.807, 2.05) is 38.4 Å². The van der Waals surface area contributed by atoms with Crippen molar-refractivity contribution in [3.63, 3.8) is 0 Å². The Balaban J connectivity index is 2.51. The van der Waals surface area contributed by atoms with Gasteiger partial charge in [-0.15, -0.1) is 0 Å². The first-order chi connectivity index (χ1) is 10.5. The Morgan fingerprint density at radius 1 is 1.14 bits per heavy atom. The molecule has 0 saturated carbocycles. The van der Waals surface area contributed by atoms with Gasteiger partial charge in [0.15, 0.2) is 0 Å². The van der Waals surface area contributed by atoms with Gasteiger partial charge in [0.05, 0.1) is 12.5 Å². The molecule has 0 N–H and O–H groups in total. The fraction of sp³-hybridized carbons (Fsp3) is 0.278. The Labute approximate surface area is 128 Å². The molecule has 0 unspecified atom stereocenters. The van der Waals surface area contributed by atoms with Crippen LogP contribution in [0, 0.1) is 0 Å². The monoisotopic (exact) mass is 297 g/mol. The molecule has 0 radical (unpaired) electrons. The number of fused-ring (bicyclic) bond motifs is 3. The first kappa shape index (κ1) is 14.6. The zero-order valence-electron chi connectivity index (χ0n) is 13.2. The SMILES string of the molecule is COc1cc([C@H](C)N(C)C)c2c(c1)oc(=O)c1ccccc12. The zero-order valence-corrected chi connectivity index (χ0v) is 13.2. The first-order valence-corrected chi connectivity index (χ1v) is 7.23. The second-order valence-corrected chi connectivity index (χ2v) is 5.66. The minimum absolute atomic E-state index is 0.161. The first-order valence-electron chi connectivity index (χ1n) is 7.23. The third-order valence-electron chi connectivity index (χ3n) is 4.19. The topological polar surface area (TPSA) is 42.7 Å². The van der Waals surface area contributed by atoms with Gasteiger partial charge in [-0.3, -0.25) is 0 Å². The lowest BCUT2D eigenvalue weighted by molar-refractivity contribution is 0.321. The largest absolute Gasteiger partial charge is 0.497 e. The number of ether oxygens (including phenoxy) is 1. The zero-order chi connectivity index (χ0) is 15.9. The van der Waals surface area contributed by atoms with Gasteiger partial charge in [0.2, 0.25) is 0 Å². The molecular weight excluding hydrogens is 278 g/mol. The Hall–Kier alpha value is -2.33. The van der Waals surface area contributed by atoms with E-state index in [-0.39, 0.29) is 11.7 Å². The summed E-state index contributed by atoms with van der Waals surface area (Å²) in [4.78, 5) is 14.3. The number of rotatable bonds is 3. The van der Waals surface area contributed by atoms with E-state index in [4.69, 9.17) is 9.15 Å². The van der Waals surface area contributed by atoms with Crippen LogP contribution < -0.4 is 10.4 Å². The van der Waals surface area contributed by atoms with Crippen molar-refractivity contribution in [1.82, 2.24) is 4.90 Å². The molecule has 22 heavy (non-hydrogen) atoms. The quantitative estimate of drug-likeness (QED) is 0.547. The van der Waals surface area contributed by atoms with Crippen molar-refractivity contribution in [1.29, 1.82) is 0 Å². The molecule has 0 aliphatic carbocycles. The molecule has 0 saturated heterocycles. The molecule has 0 aliphatic heterocycles. The summed E-state index contributed by atoms with van der Waals surface area (Å²) >= 11 is 0. The molecule has 3 rings (SSSR count). The van der Waals surface area contributed by atoms with Crippen LogP contribution >= 0.6 is 0 Å². The van der Waals surface area contributed by atoms with E-state index in [0.717, 1.165) is 16.3 Å². The van der Waals surface area contributed by atoms with Crippen LogP contribution in [-0.2, 0) is 0 Å².